The average molecular weight is 498 g/mol. The van der Waals surface area contributed by atoms with E-state index in [-0.39, 0.29) is 23.1 Å². The van der Waals surface area contributed by atoms with E-state index in [1.807, 2.05) is 12.1 Å². The summed E-state index contributed by atoms with van der Waals surface area (Å²) in [6.07, 6.45) is -3.23. The second-order valence-corrected chi connectivity index (χ2v) is 7.94. The molecule has 0 aliphatic heterocycles. The lowest BCUT2D eigenvalue weighted by molar-refractivity contribution is -0.154. The summed E-state index contributed by atoms with van der Waals surface area (Å²) in [6.45, 7) is -1.64. The zero-order valence-electron chi connectivity index (χ0n) is 17.2. The monoisotopic (exact) mass is 497 g/mol. The lowest BCUT2D eigenvalue weighted by atomic mass is 10.1. The van der Waals surface area contributed by atoms with Crippen LogP contribution in [0.1, 0.15) is 28.8 Å². The number of carboxylic acids is 1. The summed E-state index contributed by atoms with van der Waals surface area (Å²) in [5.41, 5.74) is -0.157. The highest BCUT2D eigenvalue weighted by Crippen LogP contribution is 2.48. The van der Waals surface area contributed by atoms with Gasteiger partial charge in [0.05, 0.1) is 16.8 Å². The quantitative estimate of drug-likeness (QED) is 0.367. The van der Waals surface area contributed by atoms with Crippen molar-refractivity contribution in [3.8, 4) is 6.01 Å². The minimum atomic E-state index is -4.63. The van der Waals surface area contributed by atoms with Crippen LogP contribution in [0.3, 0.4) is 0 Å². The van der Waals surface area contributed by atoms with Gasteiger partial charge < -0.3 is 20.5 Å². The number of carboxylic acid groups (broad SMARTS) is 1. The number of hydrogen-bond donors (Lipinski definition) is 3. The molecule has 3 N–H and O–H groups in total. The molecular formula is C21H16ClF4N5O3. The van der Waals surface area contributed by atoms with Gasteiger partial charge in [0.15, 0.2) is 6.61 Å². The zero-order valence-corrected chi connectivity index (χ0v) is 17.9. The number of nitrogens with one attached hydrogen (secondary N) is 2. The van der Waals surface area contributed by atoms with Gasteiger partial charge in [-0.25, -0.2) is 9.18 Å². The molecule has 4 rings (SSSR count). The summed E-state index contributed by atoms with van der Waals surface area (Å²) in [5, 5.41) is 15.1. The first-order valence-corrected chi connectivity index (χ1v) is 10.2. The highest BCUT2D eigenvalue weighted by atomic mass is 35.5. The molecule has 1 aromatic heterocycles. The van der Waals surface area contributed by atoms with Crippen molar-refractivity contribution in [3.63, 3.8) is 0 Å². The van der Waals surface area contributed by atoms with Crippen molar-refractivity contribution in [1.82, 2.24) is 15.0 Å². The molecule has 0 atom stereocenters. The van der Waals surface area contributed by atoms with Crippen LogP contribution in [0.4, 0.5) is 35.1 Å². The van der Waals surface area contributed by atoms with Gasteiger partial charge in [-0.05, 0) is 48.7 Å². The number of anilines is 3. The first-order chi connectivity index (χ1) is 16.0. The topological polar surface area (TPSA) is 109 Å². The van der Waals surface area contributed by atoms with Gasteiger partial charge in [0.25, 0.3) is 0 Å². The molecule has 2 aromatic carbocycles. The molecule has 0 bridgehead atoms. The maximum atomic E-state index is 14.3. The maximum absolute atomic E-state index is 14.3. The Bertz CT molecular complexity index is 1220. The molecule has 1 saturated carbocycles. The van der Waals surface area contributed by atoms with Crippen molar-refractivity contribution in [1.29, 1.82) is 0 Å². The van der Waals surface area contributed by atoms with E-state index in [2.05, 4.69) is 30.3 Å². The highest BCUT2D eigenvalue weighted by molar-refractivity contribution is 6.30. The largest absolute Gasteiger partial charge is 0.478 e. The van der Waals surface area contributed by atoms with Crippen molar-refractivity contribution < 1.29 is 32.2 Å². The summed E-state index contributed by atoms with van der Waals surface area (Å²) in [4.78, 5) is 22.8. The van der Waals surface area contributed by atoms with Gasteiger partial charge in [0.1, 0.15) is 5.82 Å². The maximum Gasteiger partial charge on any atom is 0.422 e. The molecule has 0 amide bonds. The molecule has 0 spiro atoms. The van der Waals surface area contributed by atoms with Crippen LogP contribution in [0.2, 0.25) is 5.02 Å². The van der Waals surface area contributed by atoms with Crippen LogP contribution in [-0.4, -0.2) is 38.8 Å². The number of aromatic carboxylic acids is 1. The van der Waals surface area contributed by atoms with E-state index in [0.717, 1.165) is 23.8 Å². The molecular weight excluding hydrogens is 482 g/mol. The number of aromatic nitrogens is 3. The lowest BCUT2D eigenvalue weighted by Gasteiger charge is -2.19. The fraction of sp³-hybridized carbons (Fsp3) is 0.238. The number of nitrogens with zero attached hydrogens (tertiary/aromatic N) is 3. The summed E-state index contributed by atoms with van der Waals surface area (Å²) >= 11 is 5.94. The Balaban J connectivity index is 1.63. The van der Waals surface area contributed by atoms with Gasteiger partial charge in [-0.1, -0.05) is 23.7 Å². The summed E-state index contributed by atoms with van der Waals surface area (Å²) in [7, 11) is 0. The van der Waals surface area contributed by atoms with Gasteiger partial charge in [0, 0.05) is 5.02 Å². The van der Waals surface area contributed by atoms with E-state index < -0.39 is 36.1 Å². The summed E-state index contributed by atoms with van der Waals surface area (Å²) in [6, 6.07) is 9.47. The Morgan fingerprint density at radius 3 is 2.35 bits per heavy atom. The Morgan fingerprint density at radius 2 is 1.76 bits per heavy atom. The van der Waals surface area contributed by atoms with E-state index in [4.69, 9.17) is 16.7 Å². The SMILES string of the molecule is O=C(O)c1ccc(Nc2nc(NC3(c4ccc(Cl)cc4)CC3)nc(OCC(F)(F)F)n2)c(F)c1. The Kier molecular flexibility index (Phi) is 6.17. The van der Waals surface area contributed by atoms with Crippen molar-refractivity contribution in [2.45, 2.75) is 24.6 Å². The average Bonchev–Trinajstić information content (AvgIpc) is 3.54. The smallest absolute Gasteiger partial charge is 0.422 e. The Hall–Kier alpha value is -3.67. The second-order valence-electron chi connectivity index (χ2n) is 7.51. The van der Waals surface area contributed by atoms with Gasteiger partial charge in [-0.2, -0.15) is 28.1 Å². The van der Waals surface area contributed by atoms with Gasteiger partial charge in [-0.3, -0.25) is 0 Å². The van der Waals surface area contributed by atoms with E-state index in [1.54, 1.807) is 12.1 Å². The summed E-state index contributed by atoms with van der Waals surface area (Å²) < 4.78 is 56.9. The van der Waals surface area contributed by atoms with E-state index in [0.29, 0.717) is 17.9 Å². The molecule has 0 radical (unpaired) electrons. The second kappa shape index (κ2) is 8.93. The Labute approximate surface area is 195 Å². The summed E-state index contributed by atoms with van der Waals surface area (Å²) in [5.74, 6) is -2.64. The van der Waals surface area contributed by atoms with Crippen LogP contribution in [0.15, 0.2) is 42.5 Å². The van der Waals surface area contributed by atoms with Gasteiger partial charge >= 0.3 is 18.2 Å². The molecule has 1 heterocycles. The van der Waals surface area contributed by atoms with Crippen LogP contribution in [0.5, 0.6) is 6.01 Å². The number of benzene rings is 2. The van der Waals surface area contributed by atoms with Crippen molar-refractivity contribution >= 4 is 35.2 Å². The number of rotatable bonds is 8. The van der Waals surface area contributed by atoms with E-state index in [1.165, 1.54) is 0 Å². The fourth-order valence-corrected chi connectivity index (χ4v) is 3.27. The zero-order chi connectivity index (χ0) is 24.5. The normalized spacial score (nSPS) is 14.4. The molecule has 34 heavy (non-hydrogen) atoms. The third-order valence-corrected chi connectivity index (χ3v) is 5.19. The molecule has 1 aliphatic rings. The number of hydrogen-bond acceptors (Lipinski definition) is 7. The Morgan fingerprint density at radius 1 is 1.09 bits per heavy atom. The van der Waals surface area contributed by atoms with Crippen LogP contribution >= 0.6 is 11.6 Å². The third-order valence-electron chi connectivity index (χ3n) is 4.94. The van der Waals surface area contributed by atoms with E-state index >= 15 is 0 Å². The molecule has 178 valence electrons. The molecule has 0 saturated heterocycles. The number of alkyl halides is 3. The van der Waals surface area contributed by atoms with Crippen LogP contribution < -0.4 is 15.4 Å². The number of ether oxygens (including phenoxy) is 1. The molecule has 0 unspecified atom stereocenters. The van der Waals surface area contributed by atoms with Crippen molar-refractivity contribution in [2.75, 3.05) is 17.2 Å². The highest BCUT2D eigenvalue weighted by Gasteiger charge is 2.45. The number of carbonyl (C=O) groups is 1. The number of halogens is 5. The molecule has 1 fully saturated rings. The third kappa shape index (κ3) is 5.63. The first kappa shape index (κ1) is 23.5. The van der Waals surface area contributed by atoms with Crippen molar-refractivity contribution in [3.05, 3.63) is 64.4 Å². The predicted molar refractivity (Wildman–Crippen MR) is 114 cm³/mol. The van der Waals surface area contributed by atoms with Crippen molar-refractivity contribution in [2.24, 2.45) is 0 Å². The molecule has 13 heteroatoms. The minimum Gasteiger partial charge on any atom is -0.478 e. The molecule has 1 aliphatic carbocycles. The predicted octanol–water partition coefficient (Wildman–Crippen LogP) is 5.15. The standard InChI is InChI=1S/C21H16ClF4N5O3/c22-13-4-2-12(3-5-13)20(7-8-20)31-18-28-17(29-19(30-18)34-10-21(24,25)26)27-15-6-1-11(16(32)33)9-14(15)23/h1-6,9H,7-8,10H2,(H,32,33)(H2,27,28,29,30,31). The molecule has 3 aromatic rings. The molecule has 8 nitrogen and oxygen atoms in total. The van der Waals surface area contributed by atoms with Gasteiger partial charge in [0.2, 0.25) is 11.9 Å². The minimum absolute atomic E-state index is 0.0929. The van der Waals surface area contributed by atoms with Gasteiger partial charge in [-0.15, -0.1) is 0 Å². The van der Waals surface area contributed by atoms with Crippen LogP contribution in [0, 0.1) is 5.82 Å². The lowest BCUT2D eigenvalue weighted by Crippen LogP contribution is -2.23. The first-order valence-electron chi connectivity index (χ1n) is 9.83. The fourth-order valence-electron chi connectivity index (χ4n) is 3.14. The van der Waals surface area contributed by atoms with Crippen LogP contribution in [0.25, 0.3) is 0 Å². The van der Waals surface area contributed by atoms with Crippen LogP contribution in [-0.2, 0) is 5.54 Å². The van der Waals surface area contributed by atoms with E-state index in [9.17, 15) is 22.4 Å².